The fraction of sp³-hybridized carbons (Fsp3) is 0.235. The summed E-state index contributed by atoms with van der Waals surface area (Å²) in [4.78, 5) is 11.5. The van der Waals surface area contributed by atoms with Gasteiger partial charge in [-0.15, -0.1) is 0 Å². The summed E-state index contributed by atoms with van der Waals surface area (Å²) in [6, 6.07) is 9.54. The fourth-order valence-electron chi connectivity index (χ4n) is 2.85. The second-order valence-corrected chi connectivity index (χ2v) is 7.57. The zero-order valence-electron chi connectivity index (χ0n) is 12.8. The van der Waals surface area contributed by atoms with Crippen LogP contribution in [0.25, 0.3) is 11.1 Å². The molecule has 0 aromatic heterocycles. The monoisotopic (exact) mass is 349 g/mol. The lowest BCUT2D eigenvalue weighted by Crippen LogP contribution is -2.27. The van der Waals surface area contributed by atoms with Gasteiger partial charge in [0.15, 0.2) is 0 Å². The first-order valence-corrected chi connectivity index (χ1v) is 8.97. The number of sulfonamides is 1. The van der Waals surface area contributed by atoms with Crippen LogP contribution in [0.4, 0.5) is 4.39 Å². The molecule has 2 aromatic carbocycles. The van der Waals surface area contributed by atoms with E-state index in [0.29, 0.717) is 18.7 Å². The van der Waals surface area contributed by atoms with Crippen LogP contribution in [0.3, 0.4) is 0 Å². The van der Waals surface area contributed by atoms with Crippen LogP contribution in [-0.2, 0) is 10.0 Å². The third-order valence-electron chi connectivity index (χ3n) is 4.06. The predicted molar refractivity (Wildman–Crippen MR) is 86.8 cm³/mol. The molecule has 0 spiro atoms. The number of rotatable bonds is 4. The molecule has 5 nitrogen and oxygen atoms in total. The highest BCUT2D eigenvalue weighted by atomic mass is 32.2. The van der Waals surface area contributed by atoms with Crippen molar-refractivity contribution in [3.8, 4) is 11.1 Å². The van der Waals surface area contributed by atoms with Crippen LogP contribution in [0.15, 0.2) is 47.4 Å². The lowest BCUT2D eigenvalue weighted by atomic mass is 10.00. The van der Waals surface area contributed by atoms with Crippen LogP contribution in [0, 0.1) is 5.82 Å². The summed E-state index contributed by atoms with van der Waals surface area (Å²) < 4.78 is 40.0. The number of carboxylic acid groups (broad SMARTS) is 1. The van der Waals surface area contributed by atoms with Gasteiger partial charge in [-0.3, -0.25) is 0 Å². The van der Waals surface area contributed by atoms with E-state index < -0.39 is 21.8 Å². The molecule has 0 saturated carbocycles. The van der Waals surface area contributed by atoms with E-state index in [4.69, 9.17) is 0 Å². The standard InChI is InChI=1S/C17H16FNO4S/c18-13-6-7-15(16(11-13)17(20)21)12-4-3-5-14(10-12)24(22,23)19-8-1-2-9-19/h3-7,10-11H,1-2,8-9H2,(H,20,21). The summed E-state index contributed by atoms with van der Waals surface area (Å²) in [7, 11) is -3.60. The van der Waals surface area contributed by atoms with Crippen LogP contribution < -0.4 is 0 Å². The summed E-state index contributed by atoms with van der Waals surface area (Å²) in [5.74, 6) is -1.92. The van der Waals surface area contributed by atoms with E-state index in [1.54, 1.807) is 12.1 Å². The van der Waals surface area contributed by atoms with Gasteiger partial charge in [0.1, 0.15) is 5.82 Å². The highest BCUT2D eigenvalue weighted by Gasteiger charge is 2.27. The summed E-state index contributed by atoms with van der Waals surface area (Å²) in [6.07, 6.45) is 1.67. The molecule has 0 bridgehead atoms. The largest absolute Gasteiger partial charge is 0.478 e. The van der Waals surface area contributed by atoms with Crippen molar-refractivity contribution < 1.29 is 22.7 Å². The van der Waals surface area contributed by atoms with Crippen LogP contribution >= 0.6 is 0 Å². The molecule has 1 N–H and O–H groups in total. The summed E-state index contributed by atoms with van der Waals surface area (Å²) in [6.45, 7) is 0.979. The molecule has 0 aliphatic carbocycles. The lowest BCUT2D eigenvalue weighted by Gasteiger charge is -2.16. The fourth-order valence-corrected chi connectivity index (χ4v) is 4.41. The van der Waals surface area contributed by atoms with E-state index in [0.717, 1.165) is 25.0 Å². The van der Waals surface area contributed by atoms with Crippen molar-refractivity contribution in [3.63, 3.8) is 0 Å². The van der Waals surface area contributed by atoms with Gasteiger partial charge in [-0.2, -0.15) is 4.31 Å². The lowest BCUT2D eigenvalue weighted by molar-refractivity contribution is 0.0697. The molecule has 0 amide bonds. The first-order chi connectivity index (χ1) is 11.4. The number of halogens is 1. The molecule has 7 heteroatoms. The first kappa shape index (κ1) is 16.6. The van der Waals surface area contributed by atoms with Crippen LogP contribution in [-0.4, -0.2) is 36.9 Å². The minimum absolute atomic E-state index is 0.113. The van der Waals surface area contributed by atoms with Gasteiger partial charge in [-0.05, 0) is 48.2 Å². The van der Waals surface area contributed by atoms with Gasteiger partial charge < -0.3 is 5.11 Å². The van der Waals surface area contributed by atoms with Gasteiger partial charge in [-0.1, -0.05) is 18.2 Å². The van der Waals surface area contributed by atoms with Gasteiger partial charge in [0.2, 0.25) is 10.0 Å². The molecule has 126 valence electrons. The Kier molecular flexibility index (Phi) is 4.38. The molecule has 0 unspecified atom stereocenters. The van der Waals surface area contributed by atoms with E-state index in [-0.39, 0.29) is 16.0 Å². The van der Waals surface area contributed by atoms with Crippen molar-refractivity contribution in [2.45, 2.75) is 17.7 Å². The van der Waals surface area contributed by atoms with E-state index in [2.05, 4.69) is 0 Å². The number of carbonyl (C=O) groups is 1. The quantitative estimate of drug-likeness (QED) is 0.921. The molecule has 24 heavy (non-hydrogen) atoms. The van der Waals surface area contributed by atoms with Crippen molar-refractivity contribution in [1.82, 2.24) is 4.31 Å². The average molecular weight is 349 g/mol. The molecule has 1 heterocycles. The maximum absolute atomic E-state index is 13.3. The Balaban J connectivity index is 2.08. The van der Waals surface area contributed by atoms with Crippen LogP contribution in [0.5, 0.6) is 0 Å². The van der Waals surface area contributed by atoms with Gasteiger partial charge in [0, 0.05) is 13.1 Å². The Labute approximate surface area is 139 Å². The third kappa shape index (κ3) is 3.05. The van der Waals surface area contributed by atoms with E-state index in [1.807, 2.05) is 0 Å². The molecule has 0 atom stereocenters. The Morgan fingerprint density at radius 1 is 1.08 bits per heavy atom. The molecule has 1 fully saturated rings. The maximum atomic E-state index is 13.3. The average Bonchev–Trinajstić information content (AvgIpc) is 3.10. The molecule has 2 aromatic rings. The topological polar surface area (TPSA) is 74.7 Å². The number of hydrogen-bond donors (Lipinski definition) is 1. The van der Waals surface area contributed by atoms with Gasteiger partial charge in [0.25, 0.3) is 0 Å². The SMILES string of the molecule is O=C(O)c1cc(F)ccc1-c1cccc(S(=O)(=O)N2CCCC2)c1. The number of nitrogens with zero attached hydrogens (tertiary/aromatic N) is 1. The summed E-state index contributed by atoms with van der Waals surface area (Å²) >= 11 is 0. The molecule has 1 aliphatic heterocycles. The van der Waals surface area contributed by atoms with E-state index >= 15 is 0 Å². The number of carboxylic acids is 1. The predicted octanol–water partition coefficient (Wildman–Crippen LogP) is 2.98. The minimum Gasteiger partial charge on any atom is -0.478 e. The minimum atomic E-state index is -3.60. The number of benzene rings is 2. The Morgan fingerprint density at radius 2 is 1.79 bits per heavy atom. The third-order valence-corrected chi connectivity index (χ3v) is 5.95. The molecule has 1 aliphatic rings. The van der Waals surface area contributed by atoms with Crippen molar-refractivity contribution in [2.24, 2.45) is 0 Å². The first-order valence-electron chi connectivity index (χ1n) is 7.53. The molecule has 0 radical (unpaired) electrons. The Bertz CT molecular complexity index is 889. The molecular weight excluding hydrogens is 333 g/mol. The maximum Gasteiger partial charge on any atom is 0.336 e. The Hall–Kier alpha value is -2.25. The zero-order valence-corrected chi connectivity index (χ0v) is 13.6. The zero-order chi connectivity index (χ0) is 17.3. The smallest absolute Gasteiger partial charge is 0.336 e. The molecule has 1 saturated heterocycles. The van der Waals surface area contributed by atoms with Crippen molar-refractivity contribution >= 4 is 16.0 Å². The normalized spacial score (nSPS) is 15.5. The van der Waals surface area contributed by atoms with E-state index in [1.165, 1.54) is 22.5 Å². The number of aromatic carboxylic acids is 1. The Morgan fingerprint density at radius 3 is 2.46 bits per heavy atom. The second-order valence-electron chi connectivity index (χ2n) is 5.63. The number of hydrogen-bond acceptors (Lipinski definition) is 3. The highest BCUT2D eigenvalue weighted by Crippen LogP contribution is 2.29. The van der Waals surface area contributed by atoms with Gasteiger partial charge >= 0.3 is 5.97 Å². The van der Waals surface area contributed by atoms with Crippen LogP contribution in [0.1, 0.15) is 23.2 Å². The molecule has 3 rings (SSSR count). The second kappa shape index (κ2) is 6.33. The molecular formula is C17H16FNO4S. The van der Waals surface area contributed by atoms with Crippen molar-refractivity contribution in [2.75, 3.05) is 13.1 Å². The van der Waals surface area contributed by atoms with Crippen molar-refractivity contribution in [3.05, 3.63) is 53.8 Å². The van der Waals surface area contributed by atoms with E-state index in [9.17, 15) is 22.7 Å². The van der Waals surface area contributed by atoms with Gasteiger partial charge in [0.05, 0.1) is 10.5 Å². The summed E-state index contributed by atoms with van der Waals surface area (Å²) in [5.41, 5.74) is 0.501. The van der Waals surface area contributed by atoms with Crippen molar-refractivity contribution in [1.29, 1.82) is 0 Å². The highest BCUT2D eigenvalue weighted by molar-refractivity contribution is 7.89. The van der Waals surface area contributed by atoms with Crippen LogP contribution in [0.2, 0.25) is 0 Å². The summed E-state index contributed by atoms with van der Waals surface area (Å²) in [5, 5.41) is 9.26. The van der Waals surface area contributed by atoms with Gasteiger partial charge in [-0.25, -0.2) is 17.6 Å².